The van der Waals surface area contributed by atoms with Crippen molar-refractivity contribution < 1.29 is 9.47 Å². The maximum atomic E-state index is 5.18. The normalized spacial score (nSPS) is 14.2. The molecule has 1 aromatic carbocycles. The van der Waals surface area contributed by atoms with Crippen LogP contribution in [-0.4, -0.2) is 49.1 Å². The van der Waals surface area contributed by atoms with E-state index in [1.807, 2.05) is 38.1 Å². The van der Waals surface area contributed by atoms with E-state index < -0.39 is 0 Å². The number of benzene rings is 1. The van der Waals surface area contributed by atoms with E-state index in [1.54, 1.807) is 26.6 Å². The summed E-state index contributed by atoms with van der Waals surface area (Å²) in [6.07, 6.45) is 5.18. The zero-order valence-corrected chi connectivity index (χ0v) is 15.6. The highest BCUT2D eigenvalue weighted by Crippen LogP contribution is 2.25. The summed E-state index contributed by atoms with van der Waals surface area (Å²) >= 11 is 0. The molecule has 0 aliphatic rings. The summed E-state index contributed by atoms with van der Waals surface area (Å²) in [4.78, 5) is 0. The molecule has 0 bridgehead atoms. The van der Waals surface area contributed by atoms with Crippen molar-refractivity contribution in [3.8, 4) is 0 Å². The number of hydrazone groups is 2. The molecule has 0 aliphatic carbocycles. The van der Waals surface area contributed by atoms with Crippen molar-refractivity contribution in [1.29, 1.82) is 0 Å². The topological polar surface area (TPSA) is 93.0 Å². The van der Waals surface area contributed by atoms with Gasteiger partial charge in [-0.05, 0) is 13.8 Å². The SMILES string of the molecule is CO[C@H](C)C/C=N\Nc1nnc(N/N=C/C[C@H](C)OC)c2ccccc12. The lowest BCUT2D eigenvalue weighted by Crippen LogP contribution is -2.06. The first-order valence-corrected chi connectivity index (χ1v) is 8.51. The highest BCUT2D eigenvalue weighted by molar-refractivity contribution is 5.98. The summed E-state index contributed by atoms with van der Waals surface area (Å²) in [6.45, 7) is 3.96. The lowest BCUT2D eigenvalue weighted by molar-refractivity contribution is 0.125. The number of hydrogen-bond acceptors (Lipinski definition) is 8. The van der Waals surface area contributed by atoms with Gasteiger partial charge in [0.25, 0.3) is 0 Å². The van der Waals surface area contributed by atoms with Gasteiger partial charge >= 0.3 is 0 Å². The number of ether oxygens (including phenoxy) is 2. The molecular formula is C18H26N6O2. The Balaban J connectivity index is 2.10. The molecule has 0 unspecified atom stereocenters. The maximum Gasteiger partial charge on any atom is 0.176 e. The number of nitrogens with one attached hydrogen (secondary N) is 2. The van der Waals surface area contributed by atoms with Gasteiger partial charge in [0.05, 0.1) is 12.2 Å². The standard InChI is InChI=1S/C18H26N6O2/c1-13(25-3)9-11-19-21-17-15-7-5-6-8-16(15)18(24-23-17)22-20-12-10-14(2)26-4/h5-8,11-14H,9-10H2,1-4H3,(H,21,23)(H,22,24)/b19-11-,20-12+/t13-,14+/m1/s1. The molecule has 8 heteroatoms. The lowest BCUT2D eigenvalue weighted by atomic mass is 10.2. The third kappa shape index (κ3) is 5.75. The van der Waals surface area contributed by atoms with Crippen LogP contribution in [0.15, 0.2) is 34.5 Å². The van der Waals surface area contributed by atoms with Gasteiger partial charge in [0.1, 0.15) is 0 Å². The Bertz CT molecular complexity index is 687. The molecule has 1 aromatic heterocycles. The minimum atomic E-state index is 0.119. The summed E-state index contributed by atoms with van der Waals surface area (Å²) in [7, 11) is 3.35. The Hall–Kier alpha value is -2.58. The summed E-state index contributed by atoms with van der Waals surface area (Å²) in [5, 5.41) is 18.6. The molecule has 0 aliphatic heterocycles. The van der Waals surface area contributed by atoms with Crippen LogP contribution >= 0.6 is 0 Å². The summed E-state index contributed by atoms with van der Waals surface area (Å²) < 4.78 is 10.4. The highest BCUT2D eigenvalue weighted by Gasteiger charge is 2.08. The van der Waals surface area contributed by atoms with E-state index in [0.717, 1.165) is 10.8 Å². The molecule has 0 fully saturated rings. The molecule has 140 valence electrons. The molecule has 26 heavy (non-hydrogen) atoms. The van der Waals surface area contributed by atoms with Crippen molar-refractivity contribution in [3.05, 3.63) is 24.3 Å². The fraction of sp³-hybridized carbons (Fsp3) is 0.444. The van der Waals surface area contributed by atoms with Gasteiger partial charge < -0.3 is 9.47 Å². The van der Waals surface area contributed by atoms with Gasteiger partial charge in [-0.25, -0.2) is 0 Å². The molecule has 1 heterocycles. The summed E-state index contributed by atoms with van der Waals surface area (Å²) in [6, 6.07) is 7.81. The van der Waals surface area contributed by atoms with E-state index in [1.165, 1.54) is 0 Å². The van der Waals surface area contributed by atoms with Crippen LogP contribution < -0.4 is 10.9 Å². The second-order valence-corrected chi connectivity index (χ2v) is 5.85. The molecule has 0 saturated heterocycles. The number of hydrogen-bond donors (Lipinski definition) is 2. The van der Waals surface area contributed by atoms with E-state index >= 15 is 0 Å². The first-order valence-electron chi connectivity index (χ1n) is 8.51. The van der Waals surface area contributed by atoms with Crippen LogP contribution in [0.1, 0.15) is 26.7 Å². The second-order valence-electron chi connectivity index (χ2n) is 5.85. The molecule has 2 aromatic rings. The summed E-state index contributed by atoms with van der Waals surface area (Å²) in [5.74, 6) is 1.17. The zero-order valence-electron chi connectivity index (χ0n) is 15.6. The second kappa shape index (κ2) is 10.4. The van der Waals surface area contributed by atoms with Crippen LogP contribution in [0.4, 0.5) is 11.6 Å². The molecule has 2 N–H and O–H groups in total. The third-order valence-electron chi connectivity index (χ3n) is 3.89. The maximum absolute atomic E-state index is 5.18. The third-order valence-corrected chi connectivity index (χ3v) is 3.89. The molecule has 0 amide bonds. The molecule has 0 spiro atoms. The Kier molecular flexibility index (Phi) is 7.91. The lowest BCUT2D eigenvalue weighted by Gasteiger charge is -2.08. The minimum absolute atomic E-state index is 0.119. The quantitative estimate of drug-likeness (QED) is 0.500. The van der Waals surface area contributed by atoms with Crippen molar-refractivity contribution >= 4 is 34.8 Å². The van der Waals surface area contributed by atoms with E-state index in [2.05, 4.69) is 31.3 Å². The number of rotatable bonds is 10. The number of aromatic nitrogens is 2. The van der Waals surface area contributed by atoms with E-state index in [-0.39, 0.29) is 12.2 Å². The smallest absolute Gasteiger partial charge is 0.176 e. The number of methoxy groups -OCH3 is 2. The van der Waals surface area contributed by atoms with Gasteiger partial charge in [0.15, 0.2) is 11.6 Å². The van der Waals surface area contributed by atoms with Crippen molar-refractivity contribution in [2.75, 3.05) is 25.1 Å². The molecule has 2 rings (SSSR count). The summed E-state index contributed by atoms with van der Waals surface area (Å²) in [5.41, 5.74) is 5.88. The monoisotopic (exact) mass is 358 g/mol. The van der Waals surface area contributed by atoms with Gasteiger partial charge in [-0.1, -0.05) is 24.3 Å². The predicted molar refractivity (Wildman–Crippen MR) is 106 cm³/mol. The predicted octanol–water partition coefficient (Wildman–Crippen LogP) is 3.28. The number of anilines is 2. The number of nitrogens with zero attached hydrogens (tertiary/aromatic N) is 4. The highest BCUT2D eigenvalue weighted by atomic mass is 16.5. The fourth-order valence-electron chi connectivity index (χ4n) is 2.08. The van der Waals surface area contributed by atoms with Crippen molar-refractivity contribution in [2.45, 2.75) is 38.9 Å². The average molecular weight is 358 g/mol. The van der Waals surface area contributed by atoms with Crippen LogP contribution in [0, 0.1) is 0 Å². The van der Waals surface area contributed by atoms with Crippen LogP contribution in [-0.2, 0) is 9.47 Å². The molecule has 0 saturated carbocycles. The van der Waals surface area contributed by atoms with Crippen LogP contribution in [0.25, 0.3) is 10.8 Å². The minimum Gasteiger partial charge on any atom is -0.381 e. The Morgan fingerprint density at radius 3 is 1.69 bits per heavy atom. The van der Waals surface area contributed by atoms with Crippen molar-refractivity contribution in [2.24, 2.45) is 10.2 Å². The molecule has 0 radical (unpaired) electrons. The van der Waals surface area contributed by atoms with E-state index in [4.69, 9.17) is 9.47 Å². The Labute approximate surface area is 153 Å². The van der Waals surface area contributed by atoms with Gasteiger partial charge in [0, 0.05) is 50.3 Å². The van der Waals surface area contributed by atoms with Crippen molar-refractivity contribution in [1.82, 2.24) is 10.2 Å². The zero-order chi connectivity index (χ0) is 18.8. The van der Waals surface area contributed by atoms with E-state index in [9.17, 15) is 0 Å². The Morgan fingerprint density at radius 1 is 0.885 bits per heavy atom. The molecule has 8 nitrogen and oxygen atoms in total. The first kappa shape index (κ1) is 19.7. The van der Waals surface area contributed by atoms with Crippen LogP contribution in [0.3, 0.4) is 0 Å². The van der Waals surface area contributed by atoms with Gasteiger partial charge in [-0.15, -0.1) is 10.2 Å². The first-order chi connectivity index (χ1) is 12.7. The average Bonchev–Trinajstić information content (AvgIpc) is 2.68. The Morgan fingerprint density at radius 2 is 1.31 bits per heavy atom. The van der Waals surface area contributed by atoms with Gasteiger partial charge in [-0.2, -0.15) is 10.2 Å². The van der Waals surface area contributed by atoms with Crippen LogP contribution in [0.5, 0.6) is 0 Å². The van der Waals surface area contributed by atoms with Crippen molar-refractivity contribution in [3.63, 3.8) is 0 Å². The fourth-order valence-corrected chi connectivity index (χ4v) is 2.08. The number of fused-ring (bicyclic) bond motifs is 1. The largest absolute Gasteiger partial charge is 0.381 e. The van der Waals surface area contributed by atoms with Gasteiger partial charge in [0.2, 0.25) is 0 Å². The van der Waals surface area contributed by atoms with E-state index in [0.29, 0.717) is 24.5 Å². The molecule has 2 atom stereocenters. The van der Waals surface area contributed by atoms with Crippen LogP contribution in [0.2, 0.25) is 0 Å². The van der Waals surface area contributed by atoms with Gasteiger partial charge in [-0.3, -0.25) is 10.9 Å². The molecular weight excluding hydrogens is 332 g/mol.